The lowest BCUT2D eigenvalue weighted by Crippen LogP contribution is -2.14. The van der Waals surface area contributed by atoms with Gasteiger partial charge in [0.25, 0.3) is 5.91 Å². The lowest BCUT2D eigenvalue weighted by atomic mass is 10.3. The normalized spacial score (nSPS) is 10.4. The van der Waals surface area contributed by atoms with E-state index in [2.05, 4.69) is 31.3 Å². The molecule has 6 nitrogen and oxygen atoms in total. The highest BCUT2D eigenvalue weighted by atomic mass is 79.9. The number of carbonyl (C=O) groups excluding carboxylic acids is 1. The Balaban J connectivity index is 1.58. The van der Waals surface area contributed by atoms with Gasteiger partial charge in [-0.15, -0.1) is 11.3 Å². The topological polar surface area (TPSA) is 69.0 Å². The third-order valence-corrected chi connectivity index (χ3v) is 3.92. The predicted octanol–water partition coefficient (Wildman–Crippen LogP) is 3.39. The highest BCUT2D eigenvalue weighted by Gasteiger charge is 2.11. The summed E-state index contributed by atoms with van der Waals surface area (Å²) in [6, 6.07) is 9.12. The van der Waals surface area contributed by atoms with E-state index in [0.717, 1.165) is 10.2 Å². The number of ether oxygens (including phenoxy) is 1. The number of aromatic nitrogens is 3. The van der Waals surface area contributed by atoms with Crippen LogP contribution in [-0.2, 0) is 6.73 Å². The van der Waals surface area contributed by atoms with Crippen molar-refractivity contribution in [3.8, 4) is 5.75 Å². The summed E-state index contributed by atoms with van der Waals surface area (Å²) in [6.07, 6.45) is 3.32. The SMILES string of the molecule is O=C(Nc1nccs1)c1ccn(COc2ccc(Br)cc2)n1. The predicted molar refractivity (Wildman–Crippen MR) is 87.1 cm³/mol. The quantitative estimate of drug-likeness (QED) is 0.738. The van der Waals surface area contributed by atoms with Crippen molar-refractivity contribution in [2.45, 2.75) is 6.73 Å². The highest BCUT2D eigenvalue weighted by molar-refractivity contribution is 9.10. The Kier molecular flexibility index (Phi) is 4.50. The molecular formula is C14H11BrN4O2S. The zero-order valence-corrected chi connectivity index (χ0v) is 13.7. The second-order valence-electron chi connectivity index (χ2n) is 4.26. The largest absolute Gasteiger partial charge is 0.471 e. The number of amides is 1. The van der Waals surface area contributed by atoms with E-state index in [9.17, 15) is 4.79 Å². The Bertz CT molecular complexity index is 756. The molecule has 8 heteroatoms. The van der Waals surface area contributed by atoms with Crippen LogP contribution in [0.2, 0.25) is 0 Å². The van der Waals surface area contributed by atoms with Crippen molar-refractivity contribution < 1.29 is 9.53 Å². The minimum atomic E-state index is -0.294. The molecule has 3 aromatic rings. The van der Waals surface area contributed by atoms with Gasteiger partial charge in [-0.1, -0.05) is 15.9 Å². The van der Waals surface area contributed by atoms with Gasteiger partial charge in [-0.3, -0.25) is 10.1 Å². The summed E-state index contributed by atoms with van der Waals surface area (Å²) in [4.78, 5) is 16.0. The molecule has 0 unspecified atom stereocenters. The third kappa shape index (κ3) is 3.71. The Labute approximate surface area is 138 Å². The molecule has 0 aliphatic heterocycles. The van der Waals surface area contributed by atoms with Crippen LogP contribution in [-0.4, -0.2) is 20.7 Å². The van der Waals surface area contributed by atoms with Crippen LogP contribution in [0.5, 0.6) is 5.75 Å². The molecule has 0 saturated heterocycles. The van der Waals surface area contributed by atoms with E-state index in [1.54, 1.807) is 28.5 Å². The first-order valence-electron chi connectivity index (χ1n) is 6.33. The lowest BCUT2D eigenvalue weighted by Gasteiger charge is -2.06. The summed E-state index contributed by atoms with van der Waals surface area (Å²) in [7, 11) is 0. The van der Waals surface area contributed by atoms with Gasteiger partial charge in [-0.05, 0) is 30.3 Å². The molecule has 22 heavy (non-hydrogen) atoms. The van der Waals surface area contributed by atoms with Crippen molar-refractivity contribution >= 4 is 38.3 Å². The first-order chi connectivity index (χ1) is 10.7. The van der Waals surface area contributed by atoms with E-state index >= 15 is 0 Å². The average Bonchev–Trinajstić information content (AvgIpc) is 3.18. The van der Waals surface area contributed by atoms with Gasteiger partial charge in [0.15, 0.2) is 17.6 Å². The maximum absolute atomic E-state index is 12.0. The maximum atomic E-state index is 12.0. The molecule has 0 spiro atoms. The number of carbonyl (C=O) groups is 1. The Morgan fingerprint density at radius 3 is 2.86 bits per heavy atom. The molecule has 2 heterocycles. The number of hydrogen-bond donors (Lipinski definition) is 1. The molecule has 0 atom stereocenters. The Morgan fingerprint density at radius 2 is 2.14 bits per heavy atom. The van der Waals surface area contributed by atoms with Gasteiger partial charge in [0.05, 0.1) is 0 Å². The summed E-state index contributed by atoms with van der Waals surface area (Å²) >= 11 is 4.72. The van der Waals surface area contributed by atoms with Crippen LogP contribution in [0.4, 0.5) is 5.13 Å². The van der Waals surface area contributed by atoms with E-state index in [-0.39, 0.29) is 12.6 Å². The molecule has 0 bridgehead atoms. The van der Waals surface area contributed by atoms with E-state index in [4.69, 9.17) is 4.74 Å². The standard InChI is InChI=1S/C14H11BrN4O2S/c15-10-1-3-11(4-2-10)21-9-19-7-5-12(18-19)13(20)17-14-16-6-8-22-14/h1-8H,9H2,(H,16,17,20). The van der Waals surface area contributed by atoms with Crippen molar-refractivity contribution in [1.29, 1.82) is 0 Å². The molecule has 0 aliphatic rings. The number of rotatable bonds is 5. The molecule has 1 amide bonds. The Hall–Kier alpha value is -2.19. The summed E-state index contributed by atoms with van der Waals surface area (Å²) in [5.74, 6) is 0.435. The van der Waals surface area contributed by atoms with E-state index in [0.29, 0.717) is 10.8 Å². The van der Waals surface area contributed by atoms with Crippen molar-refractivity contribution in [1.82, 2.24) is 14.8 Å². The van der Waals surface area contributed by atoms with Crippen molar-refractivity contribution in [3.05, 3.63) is 58.3 Å². The summed E-state index contributed by atoms with van der Waals surface area (Å²) in [5.41, 5.74) is 0.314. The zero-order valence-electron chi connectivity index (χ0n) is 11.3. The molecule has 3 rings (SSSR count). The molecule has 2 aromatic heterocycles. The fraction of sp³-hybridized carbons (Fsp3) is 0.0714. The summed E-state index contributed by atoms with van der Waals surface area (Å²) in [5, 5.41) is 9.19. The number of hydrogen-bond acceptors (Lipinski definition) is 5. The lowest BCUT2D eigenvalue weighted by molar-refractivity contribution is 0.102. The van der Waals surface area contributed by atoms with Gasteiger partial charge in [0.1, 0.15) is 5.75 Å². The zero-order chi connectivity index (χ0) is 15.4. The van der Waals surface area contributed by atoms with Crippen molar-refractivity contribution in [2.24, 2.45) is 0 Å². The van der Waals surface area contributed by atoms with Crippen LogP contribution in [0.25, 0.3) is 0 Å². The average molecular weight is 379 g/mol. The van der Waals surface area contributed by atoms with Gasteiger partial charge in [0, 0.05) is 22.2 Å². The first-order valence-corrected chi connectivity index (χ1v) is 8.00. The number of benzene rings is 1. The number of nitrogens with one attached hydrogen (secondary N) is 1. The molecule has 0 radical (unpaired) electrons. The molecule has 1 N–H and O–H groups in total. The fourth-order valence-electron chi connectivity index (χ4n) is 1.67. The van der Waals surface area contributed by atoms with Crippen LogP contribution in [0, 0.1) is 0 Å². The number of halogens is 1. The van der Waals surface area contributed by atoms with Crippen LogP contribution >= 0.6 is 27.3 Å². The van der Waals surface area contributed by atoms with Gasteiger partial charge in [0.2, 0.25) is 0 Å². The smallest absolute Gasteiger partial charge is 0.277 e. The minimum absolute atomic E-state index is 0.228. The van der Waals surface area contributed by atoms with Crippen LogP contribution < -0.4 is 10.1 Å². The van der Waals surface area contributed by atoms with Crippen LogP contribution in [0.3, 0.4) is 0 Å². The van der Waals surface area contributed by atoms with E-state index in [1.165, 1.54) is 11.3 Å². The van der Waals surface area contributed by atoms with Gasteiger partial charge < -0.3 is 4.74 Å². The fourth-order valence-corrected chi connectivity index (χ4v) is 2.46. The molecule has 112 valence electrons. The monoisotopic (exact) mass is 378 g/mol. The number of nitrogens with zero attached hydrogens (tertiary/aromatic N) is 3. The van der Waals surface area contributed by atoms with Gasteiger partial charge in [-0.2, -0.15) is 5.10 Å². The second kappa shape index (κ2) is 6.71. The van der Waals surface area contributed by atoms with Gasteiger partial charge >= 0.3 is 0 Å². The summed E-state index contributed by atoms with van der Waals surface area (Å²) in [6.45, 7) is 0.228. The van der Waals surface area contributed by atoms with Crippen LogP contribution in [0.15, 0.2) is 52.6 Å². The first kappa shape index (κ1) is 14.7. The minimum Gasteiger partial charge on any atom is -0.471 e. The molecule has 1 aromatic carbocycles. The molecule has 0 aliphatic carbocycles. The third-order valence-electron chi connectivity index (χ3n) is 2.70. The van der Waals surface area contributed by atoms with Gasteiger partial charge in [-0.25, -0.2) is 9.67 Å². The number of thiazole rings is 1. The van der Waals surface area contributed by atoms with E-state index < -0.39 is 0 Å². The second-order valence-corrected chi connectivity index (χ2v) is 6.07. The van der Waals surface area contributed by atoms with Crippen molar-refractivity contribution in [3.63, 3.8) is 0 Å². The highest BCUT2D eigenvalue weighted by Crippen LogP contribution is 2.16. The van der Waals surface area contributed by atoms with Crippen molar-refractivity contribution in [2.75, 3.05) is 5.32 Å². The summed E-state index contributed by atoms with van der Waals surface area (Å²) < 4.78 is 8.12. The Morgan fingerprint density at radius 1 is 1.32 bits per heavy atom. The maximum Gasteiger partial charge on any atom is 0.277 e. The molecular weight excluding hydrogens is 368 g/mol. The molecule has 0 fully saturated rings. The van der Waals surface area contributed by atoms with E-state index in [1.807, 2.05) is 24.3 Å². The number of anilines is 1. The molecule has 0 saturated carbocycles. The van der Waals surface area contributed by atoms with Crippen LogP contribution in [0.1, 0.15) is 10.5 Å².